The summed E-state index contributed by atoms with van der Waals surface area (Å²) in [6.07, 6.45) is 0.425. The SMILES string of the molecule is COC(=O)[C@@H]1CCN1S(=O)(=O)c1ccc(F)c(Br)c1. The van der Waals surface area contributed by atoms with Crippen LogP contribution in [0.2, 0.25) is 0 Å². The zero-order valence-electron chi connectivity index (χ0n) is 9.97. The van der Waals surface area contributed by atoms with Crippen molar-refractivity contribution < 1.29 is 22.3 Å². The van der Waals surface area contributed by atoms with E-state index >= 15 is 0 Å². The number of hydrogen-bond acceptors (Lipinski definition) is 4. The first-order valence-electron chi connectivity index (χ1n) is 5.42. The van der Waals surface area contributed by atoms with Gasteiger partial charge in [-0.3, -0.25) is 4.79 Å². The Kier molecular flexibility index (Phi) is 3.93. The minimum absolute atomic E-state index is 0.0590. The summed E-state index contributed by atoms with van der Waals surface area (Å²) < 4.78 is 43.3. The Morgan fingerprint density at radius 1 is 1.53 bits per heavy atom. The van der Waals surface area contributed by atoms with Gasteiger partial charge >= 0.3 is 5.97 Å². The van der Waals surface area contributed by atoms with Crippen molar-refractivity contribution in [3.05, 3.63) is 28.5 Å². The van der Waals surface area contributed by atoms with Gasteiger partial charge in [-0.2, -0.15) is 4.31 Å². The number of esters is 1. The van der Waals surface area contributed by atoms with Crippen molar-refractivity contribution in [2.75, 3.05) is 13.7 Å². The van der Waals surface area contributed by atoms with Crippen molar-refractivity contribution in [1.82, 2.24) is 4.31 Å². The van der Waals surface area contributed by atoms with Gasteiger partial charge in [-0.1, -0.05) is 0 Å². The summed E-state index contributed by atoms with van der Waals surface area (Å²) in [7, 11) is -2.60. The Morgan fingerprint density at radius 2 is 2.21 bits per heavy atom. The maximum atomic E-state index is 13.1. The zero-order valence-corrected chi connectivity index (χ0v) is 12.4. The molecule has 1 fully saturated rings. The highest BCUT2D eigenvalue weighted by Gasteiger charge is 2.43. The molecule has 0 saturated carbocycles. The largest absolute Gasteiger partial charge is 0.468 e. The summed E-state index contributed by atoms with van der Waals surface area (Å²) in [6.45, 7) is 0.247. The van der Waals surface area contributed by atoms with Gasteiger partial charge in [0, 0.05) is 6.54 Å². The van der Waals surface area contributed by atoms with Crippen LogP contribution in [0.1, 0.15) is 6.42 Å². The molecule has 0 unspecified atom stereocenters. The van der Waals surface area contributed by atoms with Crippen LogP contribution < -0.4 is 0 Å². The van der Waals surface area contributed by atoms with Gasteiger partial charge in [0.25, 0.3) is 0 Å². The molecular weight excluding hydrogens is 341 g/mol. The van der Waals surface area contributed by atoms with Gasteiger partial charge in [-0.25, -0.2) is 12.8 Å². The summed E-state index contributed by atoms with van der Waals surface area (Å²) in [4.78, 5) is 11.3. The second-order valence-corrected chi connectivity index (χ2v) is 6.76. The van der Waals surface area contributed by atoms with Crippen molar-refractivity contribution in [2.45, 2.75) is 17.4 Å². The molecule has 1 heterocycles. The van der Waals surface area contributed by atoms with E-state index in [1.165, 1.54) is 19.2 Å². The molecule has 8 heteroatoms. The molecule has 1 aliphatic heterocycles. The second kappa shape index (κ2) is 5.18. The van der Waals surface area contributed by atoms with Crippen LogP contribution in [-0.2, 0) is 19.6 Å². The minimum Gasteiger partial charge on any atom is -0.468 e. The van der Waals surface area contributed by atoms with E-state index in [1.54, 1.807) is 0 Å². The van der Waals surface area contributed by atoms with Crippen LogP contribution in [-0.4, -0.2) is 38.4 Å². The van der Waals surface area contributed by atoms with Crippen LogP contribution in [0.4, 0.5) is 4.39 Å². The average Bonchev–Trinajstić information content (AvgIpc) is 2.30. The third-order valence-electron chi connectivity index (χ3n) is 2.94. The van der Waals surface area contributed by atoms with Gasteiger partial charge in [0.2, 0.25) is 10.0 Å². The molecule has 0 radical (unpaired) electrons. The van der Waals surface area contributed by atoms with Gasteiger partial charge in [-0.15, -0.1) is 0 Å². The van der Waals surface area contributed by atoms with E-state index in [9.17, 15) is 17.6 Å². The number of benzene rings is 1. The zero-order chi connectivity index (χ0) is 14.2. The topological polar surface area (TPSA) is 63.7 Å². The maximum absolute atomic E-state index is 13.1. The first-order valence-corrected chi connectivity index (χ1v) is 7.66. The number of halogens is 2. The number of sulfonamides is 1. The number of carbonyl (C=O) groups excluding carboxylic acids is 1. The standard InChI is InChI=1S/C11H11BrFNO4S/c1-18-11(15)10-4-5-14(10)19(16,17)7-2-3-9(13)8(12)6-7/h2-3,6,10H,4-5H2,1H3/t10-/m0/s1. The van der Waals surface area contributed by atoms with Crippen LogP contribution >= 0.6 is 15.9 Å². The fraction of sp³-hybridized carbons (Fsp3) is 0.364. The molecule has 0 spiro atoms. The Labute approximate surface area is 118 Å². The van der Waals surface area contributed by atoms with E-state index in [0.29, 0.717) is 6.42 Å². The summed E-state index contributed by atoms with van der Waals surface area (Å²) in [6, 6.07) is 2.61. The van der Waals surface area contributed by atoms with Gasteiger partial charge in [0.05, 0.1) is 16.5 Å². The third-order valence-corrected chi connectivity index (χ3v) is 5.45. The first-order chi connectivity index (χ1) is 8.87. The molecule has 0 bridgehead atoms. The van der Waals surface area contributed by atoms with E-state index in [4.69, 9.17) is 0 Å². The Hall–Kier alpha value is -0.990. The molecule has 2 rings (SSSR count). The van der Waals surface area contributed by atoms with Crippen molar-refractivity contribution >= 4 is 31.9 Å². The molecule has 1 atom stereocenters. The number of nitrogens with zero attached hydrogens (tertiary/aromatic N) is 1. The van der Waals surface area contributed by atoms with Gasteiger partial charge in [-0.05, 0) is 40.5 Å². The molecule has 0 amide bonds. The number of rotatable bonds is 3. The second-order valence-electron chi connectivity index (χ2n) is 4.02. The molecule has 0 N–H and O–H groups in total. The van der Waals surface area contributed by atoms with E-state index in [0.717, 1.165) is 10.4 Å². The lowest BCUT2D eigenvalue weighted by Gasteiger charge is -2.37. The number of methoxy groups -OCH3 is 1. The maximum Gasteiger partial charge on any atom is 0.324 e. The Morgan fingerprint density at radius 3 is 2.68 bits per heavy atom. The fourth-order valence-corrected chi connectivity index (χ4v) is 3.98. The van der Waals surface area contributed by atoms with Gasteiger partial charge < -0.3 is 4.74 Å². The highest BCUT2D eigenvalue weighted by Crippen LogP contribution is 2.29. The predicted octanol–water partition coefficient (Wildman–Crippen LogP) is 1.52. The summed E-state index contributed by atoms with van der Waals surface area (Å²) in [5.74, 6) is -1.14. The molecule has 0 aliphatic carbocycles. The quantitative estimate of drug-likeness (QED) is 0.774. The number of ether oxygens (including phenoxy) is 1. The molecule has 1 saturated heterocycles. The van der Waals surface area contributed by atoms with Crippen molar-refractivity contribution in [3.8, 4) is 0 Å². The normalized spacial score (nSPS) is 19.8. The fourth-order valence-electron chi connectivity index (χ4n) is 1.80. The molecule has 104 valence electrons. The van der Waals surface area contributed by atoms with Crippen LogP contribution in [0.5, 0.6) is 0 Å². The molecule has 5 nitrogen and oxygen atoms in total. The molecule has 1 aliphatic rings. The lowest BCUT2D eigenvalue weighted by atomic mass is 10.1. The van der Waals surface area contributed by atoms with Gasteiger partial charge in [0.1, 0.15) is 11.9 Å². The summed E-state index contributed by atoms with van der Waals surface area (Å²) in [5.41, 5.74) is 0. The van der Waals surface area contributed by atoms with E-state index in [-0.39, 0.29) is 15.9 Å². The Bertz CT molecular complexity index is 619. The van der Waals surface area contributed by atoms with E-state index in [2.05, 4.69) is 20.7 Å². The van der Waals surface area contributed by atoms with E-state index < -0.39 is 27.9 Å². The lowest BCUT2D eigenvalue weighted by molar-refractivity contribution is -0.148. The first kappa shape index (κ1) is 14.4. The van der Waals surface area contributed by atoms with E-state index in [1.807, 2.05) is 0 Å². The van der Waals surface area contributed by atoms with Crippen LogP contribution in [0.15, 0.2) is 27.6 Å². The molecule has 1 aromatic rings. The monoisotopic (exact) mass is 351 g/mol. The summed E-state index contributed by atoms with van der Waals surface area (Å²) >= 11 is 2.94. The average molecular weight is 352 g/mol. The molecule has 1 aromatic carbocycles. The summed E-state index contributed by atoms with van der Waals surface area (Å²) in [5, 5.41) is 0. The predicted molar refractivity (Wildman–Crippen MR) is 68.4 cm³/mol. The van der Waals surface area contributed by atoms with Crippen molar-refractivity contribution in [1.29, 1.82) is 0 Å². The van der Waals surface area contributed by atoms with Gasteiger partial charge in [0.15, 0.2) is 0 Å². The third kappa shape index (κ3) is 2.52. The highest BCUT2D eigenvalue weighted by atomic mass is 79.9. The smallest absolute Gasteiger partial charge is 0.324 e. The van der Waals surface area contributed by atoms with Crippen molar-refractivity contribution in [3.63, 3.8) is 0 Å². The lowest BCUT2D eigenvalue weighted by Crippen LogP contribution is -2.55. The van der Waals surface area contributed by atoms with Crippen LogP contribution in [0.25, 0.3) is 0 Å². The number of carbonyl (C=O) groups is 1. The molecule has 19 heavy (non-hydrogen) atoms. The van der Waals surface area contributed by atoms with Crippen LogP contribution in [0, 0.1) is 5.82 Å². The Balaban J connectivity index is 2.32. The molecule has 0 aromatic heterocycles. The highest BCUT2D eigenvalue weighted by molar-refractivity contribution is 9.10. The van der Waals surface area contributed by atoms with Crippen molar-refractivity contribution in [2.24, 2.45) is 0 Å². The molecular formula is C11H11BrFNO4S. The number of hydrogen-bond donors (Lipinski definition) is 0. The van der Waals surface area contributed by atoms with Crippen LogP contribution in [0.3, 0.4) is 0 Å². The minimum atomic E-state index is -3.81.